The fourth-order valence-electron chi connectivity index (χ4n) is 1.87. The van der Waals surface area contributed by atoms with Crippen molar-refractivity contribution < 1.29 is 0 Å². The molecule has 0 saturated heterocycles. The Balaban J connectivity index is 2.22. The van der Waals surface area contributed by atoms with Crippen LogP contribution in [0.25, 0.3) is 5.52 Å². The summed E-state index contributed by atoms with van der Waals surface area (Å²) in [5.74, 6) is 2.49. The second kappa shape index (κ2) is 2.70. The zero-order chi connectivity index (χ0) is 9.71. The highest BCUT2D eigenvalue weighted by Crippen LogP contribution is 2.46. The van der Waals surface area contributed by atoms with Gasteiger partial charge in [-0.05, 0) is 12.3 Å². The van der Waals surface area contributed by atoms with E-state index in [2.05, 4.69) is 16.9 Å². The molecule has 1 saturated carbocycles. The molecule has 0 unspecified atom stereocenters. The van der Waals surface area contributed by atoms with Gasteiger partial charge >= 0.3 is 0 Å². The number of rotatable bonds is 1. The van der Waals surface area contributed by atoms with Crippen molar-refractivity contribution >= 4 is 17.1 Å². The Morgan fingerprint density at radius 2 is 2.29 bits per heavy atom. The quantitative estimate of drug-likeness (QED) is 0.719. The molecule has 14 heavy (non-hydrogen) atoms. The lowest BCUT2D eigenvalue weighted by atomic mass is 10.3. The molecule has 72 valence electrons. The van der Waals surface area contributed by atoms with Crippen LogP contribution >= 0.6 is 11.6 Å². The maximum Gasteiger partial charge on any atom is 0.154 e. The van der Waals surface area contributed by atoms with Crippen molar-refractivity contribution in [1.29, 1.82) is 0 Å². The van der Waals surface area contributed by atoms with Crippen molar-refractivity contribution in [3.63, 3.8) is 0 Å². The Morgan fingerprint density at radius 3 is 3.00 bits per heavy atom. The number of fused-ring (bicyclic) bond motifs is 1. The van der Waals surface area contributed by atoms with E-state index in [0.717, 1.165) is 17.3 Å². The van der Waals surface area contributed by atoms with Gasteiger partial charge in [0.05, 0.1) is 6.20 Å². The molecule has 0 N–H and O–H groups in total. The standard InChI is InChI=1S/C10H10ClN3/c1-6-4-7(6)10-13-5-8-9(11)12-2-3-14(8)10/h2-3,5-7H,4H2,1H3/t6-,7+/m1/s1. The summed E-state index contributed by atoms with van der Waals surface area (Å²) in [5, 5.41) is 0.527. The SMILES string of the molecule is C[C@@H]1C[C@@H]1c1ncc2c(Cl)nccn12. The minimum atomic E-state index is 0.527. The fourth-order valence-corrected chi connectivity index (χ4v) is 2.07. The Labute approximate surface area is 86.7 Å². The predicted molar refractivity (Wildman–Crippen MR) is 54.5 cm³/mol. The number of nitrogens with zero attached hydrogens (tertiary/aromatic N) is 3. The van der Waals surface area contributed by atoms with Crippen LogP contribution in [0.1, 0.15) is 25.1 Å². The van der Waals surface area contributed by atoms with Crippen molar-refractivity contribution in [3.8, 4) is 0 Å². The van der Waals surface area contributed by atoms with E-state index in [9.17, 15) is 0 Å². The van der Waals surface area contributed by atoms with E-state index in [1.54, 1.807) is 12.4 Å². The van der Waals surface area contributed by atoms with Crippen LogP contribution in [0.5, 0.6) is 0 Å². The number of hydrogen-bond donors (Lipinski definition) is 0. The summed E-state index contributed by atoms with van der Waals surface area (Å²) < 4.78 is 2.05. The highest BCUT2D eigenvalue weighted by Gasteiger charge is 2.37. The average molecular weight is 208 g/mol. The van der Waals surface area contributed by atoms with E-state index in [0.29, 0.717) is 11.1 Å². The first-order chi connectivity index (χ1) is 6.77. The topological polar surface area (TPSA) is 30.2 Å². The van der Waals surface area contributed by atoms with Crippen LogP contribution in [-0.2, 0) is 0 Å². The third-order valence-electron chi connectivity index (χ3n) is 2.88. The summed E-state index contributed by atoms with van der Waals surface area (Å²) in [4.78, 5) is 8.43. The van der Waals surface area contributed by atoms with Crippen LogP contribution in [0.2, 0.25) is 5.15 Å². The Morgan fingerprint density at radius 1 is 1.50 bits per heavy atom. The molecule has 2 heterocycles. The first-order valence-corrected chi connectivity index (χ1v) is 5.12. The Bertz CT molecular complexity index is 491. The molecule has 0 spiro atoms. The fraction of sp³-hybridized carbons (Fsp3) is 0.400. The van der Waals surface area contributed by atoms with E-state index < -0.39 is 0 Å². The second-order valence-corrected chi connectivity index (χ2v) is 4.27. The number of halogens is 1. The van der Waals surface area contributed by atoms with Gasteiger partial charge in [-0.25, -0.2) is 9.97 Å². The van der Waals surface area contributed by atoms with Gasteiger partial charge in [0.25, 0.3) is 0 Å². The zero-order valence-electron chi connectivity index (χ0n) is 7.81. The first kappa shape index (κ1) is 8.24. The molecule has 3 rings (SSSR count). The molecular weight excluding hydrogens is 198 g/mol. The van der Waals surface area contributed by atoms with Crippen molar-refractivity contribution in [2.24, 2.45) is 5.92 Å². The van der Waals surface area contributed by atoms with Gasteiger partial charge in [0.15, 0.2) is 5.15 Å². The van der Waals surface area contributed by atoms with E-state index in [1.807, 2.05) is 10.6 Å². The Hall–Kier alpha value is -1.09. The van der Waals surface area contributed by atoms with Crippen molar-refractivity contribution in [2.45, 2.75) is 19.3 Å². The van der Waals surface area contributed by atoms with Gasteiger partial charge in [-0.2, -0.15) is 0 Å². The van der Waals surface area contributed by atoms with E-state index in [-0.39, 0.29) is 0 Å². The second-order valence-electron chi connectivity index (χ2n) is 3.91. The molecule has 1 aliphatic carbocycles. The number of imidazole rings is 1. The third kappa shape index (κ3) is 1.05. The predicted octanol–water partition coefficient (Wildman–Crippen LogP) is 2.51. The van der Waals surface area contributed by atoms with Crippen molar-refractivity contribution in [3.05, 3.63) is 29.6 Å². The lowest BCUT2D eigenvalue weighted by Gasteiger charge is -1.99. The average Bonchev–Trinajstić information content (AvgIpc) is 2.75. The molecule has 1 fully saturated rings. The van der Waals surface area contributed by atoms with Crippen LogP contribution in [0.4, 0.5) is 0 Å². The molecule has 0 bridgehead atoms. The molecular formula is C10H10ClN3. The summed E-state index contributed by atoms with van der Waals surface area (Å²) in [5.41, 5.74) is 0.906. The van der Waals surface area contributed by atoms with Gasteiger partial charge in [-0.1, -0.05) is 18.5 Å². The highest BCUT2D eigenvalue weighted by atomic mass is 35.5. The maximum atomic E-state index is 5.96. The van der Waals surface area contributed by atoms with Gasteiger partial charge in [0.1, 0.15) is 11.3 Å². The molecule has 0 amide bonds. The van der Waals surface area contributed by atoms with Crippen molar-refractivity contribution in [1.82, 2.24) is 14.4 Å². The van der Waals surface area contributed by atoms with E-state index >= 15 is 0 Å². The smallest absolute Gasteiger partial charge is 0.154 e. The van der Waals surface area contributed by atoms with Gasteiger partial charge in [-0.15, -0.1) is 0 Å². The lowest BCUT2D eigenvalue weighted by molar-refractivity contribution is 0.836. The highest BCUT2D eigenvalue weighted by molar-refractivity contribution is 6.32. The molecule has 0 radical (unpaired) electrons. The molecule has 0 aliphatic heterocycles. The molecule has 4 heteroatoms. The monoisotopic (exact) mass is 207 g/mol. The molecule has 1 aliphatic rings. The summed E-state index contributed by atoms with van der Waals surface area (Å²) in [6, 6.07) is 0. The summed E-state index contributed by atoms with van der Waals surface area (Å²) >= 11 is 5.96. The van der Waals surface area contributed by atoms with Gasteiger partial charge in [0.2, 0.25) is 0 Å². The van der Waals surface area contributed by atoms with Crippen LogP contribution in [0, 0.1) is 5.92 Å². The summed E-state index contributed by atoms with van der Waals surface area (Å²) in [7, 11) is 0. The Kier molecular flexibility index (Phi) is 1.59. The van der Waals surface area contributed by atoms with Gasteiger partial charge in [0, 0.05) is 18.3 Å². The largest absolute Gasteiger partial charge is 0.299 e. The summed E-state index contributed by atoms with van der Waals surface area (Å²) in [6.45, 7) is 2.24. The third-order valence-corrected chi connectivity index (χ3v) is 3.17. The number of aromatic nitrogens is 3. The van der Waals surface area contributed by atoms with Crippen molar-refractivity contribution in [2.75, 3.05) is 0 Å². The lowest BCUT2D eigenvalue weighted by Crippen LogP contribution is -1.93. The minimum Gasteiger partial charge on any atom is -0.299 e. The molecule has 2 atom stereocenters. The minimum absolute atomic E-state index is 0.527. The molecule has 2 aromatic heterocycles. The van der Waals surface area contributed by atoms with Crippen LogP contribution in [0.3, 0.4) is 0 Å². The van der Waals surface area contributed by atoms with Gasteiger partial charge in [-0.3, -0.25) is 4.40 Å². The molecule has 0 aromatic carbocycles. The first-order valence-electron chi connectivity index (χ1n) is 4.75. The van der Waals surface area contributed by atoms with Crippen LogP contribution in [0.15, 0.2) is 18.6 Å². The van der Waals surface area contributed by atoms with E-state index in [4.69, 9.17) is 11.6 Å². The molecule has 2 aromatic rings. The maximum absolute atomic E-state index is 5.96. The normalized spacial score (nSPS) is 25.6. The zero-order valence-corrected chi connectivity index (χ0v) is 8.57. The van der Waals surface area contributed by atoms with Crippen LogP contribution < -0.4 is 0 Å². The van der Waals surface area contributed by atoms with Gasteiger partial charge < -0.3 is 0 Å². The van der Waals surface area contributed by atoms with Crippen LogP contribution in [-0.4, -0.2) is 14.4 Å². The molecule has 3 nitrogen and oxygen atoms in total. The van der Waals surface area contributed by atoms with E-state index in [1.165, 1.54) is 6.42 Å². The number of hydrogen-bond acceptors (Lipinski definition) is 2. The summed E-state index contributed by atoms with van der Waals surface area (Å²) in [6.07, 6.45) is 6.68.